The number of aromatic nitrogens is 3. The third-order valence-corrected chi connectivity index (χ3v) is 4.04. The first-order valence-electron chi connectivity index (χ1n) is 8.26. The van der Waals surface area contributed by atoms with Crippen LogP contribution < -0.4 is 15.1 Å². The Labute approximate surface area is 146 Å². The molecule has 1 aromatic carbocycles. The van der Waals surface area contributed by atoms with Crippen molar-refractivity contribution in [3.63, 3.8) is 0 Å². The Morgan fingerprint density at radius 3 is 2.84 bits per heavy atom. The molecule has 0 radical (unpaired) electrons. The van der Waals surface area contributed by atoms with Gasteiger partial charge in [0.25, 0.3) is 0 Å². The lowest BCUT2D eigenvalue weighted by Crippen LogP contribution is -2.23. The molecule has 0 aliphatic carbocycles. The molecule has 7 nitrogen and oxygen atoms in total. The van der Waals surface area contributed by atoms with E-state index < -0.39 is 0 Å². The lowest BCUT2D eigenvalue weighted by atomic mass is 10.2. The van der Waals surface area contributed by atoms with Gasteiger partial charge in [-0.1, -0.05) is 0 Å². The molecule has 0 aliphatic heterocycles. The fourth-order valence-electron chi connectivity index (χ4n) is 2.66. The minimum absolute atomic E-state index is 0.662. The molecule has 0 unspecified atom stereocenters. The number of hydrazone groups is 1. The Morgan fingerprint density at radius 2 is 2.08 bits per heavy atom. The van der Waals surface area contributed by atoms with Gasteiger partial charge in [0, 0.05) is 47.9 Å². The van der Waals surface area contributed by atoms with Crippen LogP contribution in [0.4, 0.5) is 11.6 Å². The zero-order valence-electron chi connectivity index (χ0n) is 14.7. The van der Waals surface area contributed by atoms with Gasteiger partial charge in [0.2, 0.25) is 0 Å². The summed E-state index contributed by atoms with van der Waals surface area (Å²) in [6, 6.07) is 7.79. The largest absolute Gasteiger partial charge is 0.497 e. The van der Waals surface area contributed by atoms with Crippen molar-refractivity contribution in [2.45, 2.75) is 13.8 Å². The van der Waals surface area contributed by atoms with Crippen molar-refractivity contribution >= 4 is 28.8 Å². The molecule has 0 amide bonds. The first-order chi connectivity index (χ1) is 12.2. The van der Waals surface area contributed by atoms with Crippen molar-refractivity contribution in [3.8, 4) is 5.75 Å². The van der Waals surface area contributed by atoms with Gasteiger partial charge in [0.1, 0.15) is 17.9 Å². The Balaban J connectivity index is 1.74. The SMILES string of the molecule is CCN(CC)c1cc(N/N=C/c2c[nH]c3cc(OC)ccc23)ncn1. The van der Waals surface area contributed by atoms with E-state index in [1.165, 1.54) is 0 Å². The first kappa shape index (κ1) is 16.8. The summed E-state index contributed by atoms with van der Waals surface area (Å²) >= 11 is 0. The highest BCUT2D eigenvalue weighted by molar-refractivity contribution is 5.99. The molecule has 130 valence electrons. The summed E-state index contributed by atoms with van der Waals surface area (Å²) in [7, 11) is 1.66. The maximum absolute atomic E-state index is 5.24. The number of methoxy groups -OCH3 is 1. The van der Waals surface area contributed by atoms with E-state index in [-0.39, 0.29) is 0 Å². The second kappa shape index (κ2) is 7.65. The van der Waals surface area contributed by atoms with Gasteiger partial charge < -0.3 is 14.6 Å². The number of aromatic amines is 1. The number of hydrogen-bond donors (Lipinski definition) is 2. The highest BCUT2D eigenvalue weighted by Gasteiger charge is 2.05. The van der Waals surface area contributed by atoms with Gasteiger partial charge in [-0.3, -0.25) is 5.43 Å². The molecule has 0 saturated heterocycles. The molecule has 0 bridgehead atoms. The molecule has 3 aromatic rings. The average Bonchev–Trinajstić information content (AvgIpc) is 3.05. The molecule has 0 atom stereocenters. The van der Waals surface area contributed by atoms with E-state index in [4.69, 9.17) is 4.74 Å². The summed E-state index contributed by atoms with van der Waals surface area (Å²) in [6.45, 7) is 6.00. The average molecular weight is 338 g/mol. The Hall–Kier alpha value is -3.09. The van der Waals surface area contributed by atoms with E-state index >= 15 is 0 Å². The molecule has 0 fully saturated rings. The molecule has 3 rings (SSSR count). The standard InChI is InChI=1S/C18H22N6O/c1-4-24(5-2)18-9-17(20-12-21-18)23-22-11-13-10-19-16-8-14(25-3)6-7-15(13)16/h6-12,19H,4-5H2,1-3H3,(H,20,21,23)/b22-11+. The van der Waals surface area contributed by atoms with E-state index in [1.807, 2.05) is 30.5 Å². The quantitative estimate of drug-likeness (QED) is 0.511. The molecule has 7 heteroatoms. The summed E-state index contributed by atoms with van der Waals surface area (Å²) in [5.74, 6) is 2.37. The van der Waals surface area contributed by atoms with E-state index in [9.17, 15) is 0 Å². The number of nitrogens with one attached hydrogen (secondary N) is 2. The van der Waals surface area contributed by atoms with Gasteiger partial charge >= 0.3 is 0 Å². The number of nitrogens with zero attached hydrogens (tertiary/aromatic N) is 4. The summed E-state index contributed by atoms with van der Waals surface area (Å²) in [4.78, 5) is 13.9. The number of anilines is 2. The van der Waals surface area contributed by atoms with Gasteiger partial charge in [0.15, 0.2) is 5.82 Å². The monoisotopic (exact) mass is 338 g/mol. The van der Waals surface area contributed by atoms with E-state index in [0.717, 1.165) is 41.1 Å². The van der Waals surface area contributed by atoms with Crippen molar-refractivity contribution in [1.82, 2.24) is 15.0 Å². The second-order valence-corrected chi connectivity index (χ2v) is 5.46. The highest BCUT2D eigenvalue weighted by atomic mass is 16.5. The lowest BCUT2D eigenvalue weighted by Gasteiger charge is -2.19. The number of rotatable bonds is 7. The predicted octanol–water partition coefficient (Wildman–Crippen LogP) is 3.26. The van der Waals surface area contributed by atoms with Crippen LogP contribution in [-0.2, 0) is 0 Å². The summed E-state index contributed by atoms with van der Waals surface area (Å²) in [5, 5.41) is 5.38. The third kappa shape index (κ3) is 3.71. The normalized spacial score (nSPS) is 11.2. The number of benzene rings is 1. The van der Waals surface area contributed by atoms with Crippen LogP contribution in [0.25, 0.3) is 10.9 Å². The number of H-pyrrole nitrogens is 1. The van der Waals surface area contributed by atoms with Crippen LogP contribution >= 0.6 is 0 Å². The smallest absolute Gasteiger partial charge is 0.151 e. The molecule has 2 heterocycles. The van der Waals surface area contributed by atoms with Crippen LogP contribution in [0.3, 0.4) is 0 Å². The van der Waals surface area contributed by atoms with E-state index in [1.54, 1.807) is 19.7 Å². The molecule has 0 saturated carbocycles. The van der Waals surface area contributed by atoms with Gasteiger partial charge in [-0.25, -0.2) is 9.97 Å². The van der Waals surface area contributed by atoms with Gasteiger partial charge in [-0.05, 0) is 26.0 Å². The fourth-order valence-corrected chi connectivity index (χ4v) is 2.66. The van der Waals surface area contributed by atoms with Crippen molar-refractivity contribution in [2.24, 2.45) is 5.10 Å². The number of ether oxygens (including phenoxy) is 1. The Kier molecular flexibility index (Phi) is 5.13. The van der Waals surface area contributed by atoms with Crippen molar-refractivity contribution in [3.05, 3.63) is 42.4 Å². The maximum Gasteiger partial charge on any atom is 0.151 e. The number of fused-ring (bicyclic) bond motifs is 1. The van der Waals surface area contributed by atoms with E-state index in [2.05, 4.69) is 44.2 Å². The lowest BCUT2D eigenvalue weighted by molar-refractivity contribution is 0.415. The van der Waals surface area contributed by atoms with Crippen LogP contribution in [0, 0.1) is 0 Å². The summed E-state index contributed by atoms with van der Waals surface area (Å²) < 4.78 is 5.24. The molecular weight excluding hydrogens is 316 g/mol. The van der Waals surface area contributed by atoms with Gasteiger partial charge in [-0.2, -0.15) is 5.10 Å². The van der Waals surface area contributed by atoms with Crippen LogP contribution in [0.2, 0.25) is 0 Å². The Bertz CT molecular complexity index is 869. The maximum atomic E-state index is 5.24. The third-order valence-electron chi connectivity index (χ3n) is 4.04. The van der Waals surface area contributed by atoms with Crippen molar-refractivity contribution in [2.75, 3.05) is 30.5 Å². The fraction of sp³-hybridized carbons (Fsp3) is 0.278. The Morgan fingerprint density at radius 1 is 1.24 bits per heavy atom. The second-order valence-electron chi connectivity index (χ2n) is 5.46. The predicted molar refractivity (Wildman–Crippen MR) is 102 cm³/mol. The molecule has 0 spiro atoms. The van der Waals surface area contributed by atoms with Crippen molar-refractivity contribution < 1.29 is 4.74 Å². The van der Waals surface area contributed by atoms with Crippen LogP contribution in [0.1, 0.15) is 19.4 Å². The molecule has 2 aromatic heterocycles. The summed E-state index contributed by atoms with van der Waals surface area (Å²) in [6.07, 6.45) is 5.23. The topological polar surface area (TPSA) is 78.4 Å². The van der Waals surface area contributed by atoms with Crippen molar-refractivity contribution in [1.29, 1.82) is 0 Å². The first-order valence-corrected chi connectivity index (χ1v) is 8.26. The minimum atomic E-state index is 0.662. The van der Waals surface area contributed by atoms with Crippen LogP contribution in [0.5, 0.6) is 5.75 Å². The van der Waals surface area contributed by atoms with Gasteiger partial charge in [-0.15, -0.1) is 0 Å². The van der Waals surface area contributed by atoms with Gasteiger partial charge in [0.05, 0.1) is 13.3 Å². The van der Waals surface area contributed by atoms with E-state index in [0.29, 0.717) is 5.82 Å². The van der Waals surface area contributed by atoms with Crippen LogP contribution in [0.15, 0.2) is 41.9 Å². The molecular formula is C18H22N6O. The molecule has 25 heavy (non-hydrogen) atoms. The van der Waals surface area contributed by atoms with Crippen LogP contribution in [-0.4, -0.2) is 41.4 Å². The summed E-state index contributed by atoms with van der Waals surface area (Å²) in [5.41, 5.74) is 4.96. The zero-order valence-corrected chi connectivity index (χ0v) is 14.7. The zero-order chi connectivity index (χ0) is 17.6. The number of hydrogen-bond acceptors (Lipinski definition) is 6. The molecule has 0 aliphatic rings. The minimum Gasteiger partial charge on any atom is -0.497 e. The molecule has 2 N–H and O–H groups in total. The highest BCUT2D eigenvalue weighted by Crippen LogP contribution is 2.22.